The van der Waals surface area contributed by atoms with Gasteiger partial charge in [0.25, 0.3) is 0 Å². The molecule has 0 aliphatic heterocycles. The van der Waals surface area contributed by atoms with Crippen molar-refractivity contribution in [3.05, 3.63) is 47.3 Å². The number of rotatable bonds is 6. The van der Waals surface area contributed by atoms with Crippen molar-refractivity contribution >= 4 is 0 Å². The number of hydrogen-bond acceptors (Lipinski definition) is 3. The summed E-state index contributed by atoms with van der Waals surface area (Å²) in [6.45, 7) is 5.19. The molecule has 1 unspecified atom stereocenters. The summed E-state index contributed by atoms with van der Waals surface area (Å²) in [4.78, 5) is 0. The van der Waals surface area contributed by atoms with Gasteiger partial charge in [0.2, 0.25) is 0 Å². The molecular weight excluding hydrogens is 250 g/mol. The normalized spacial score (nSPS) is 12.4. The highest BCUT2D eigenvalue weighted by molar-refractivity contribution is 5.38. The van der Waals surface area contributed by atoms with Crippen LogP contribution >= 0.6 is 0 Å². The highest BCUT2D eigenvalue weighted by Gasteiger charge is 2.11. The van der Waals surface area contributed by atoms with Crippen LogP contribution in [0.15, 0.2) is 30.6 Å². The van der Waals surface area contributed by atoms with Gasteiger partial charge < -0.3 is 10.1 Å². The molecule has 4 heteroatoms. The molecule has 0 spiro atoms. The van der Waals surface area contributed by atoms with Crippen molar-refractivity contribution in [2.75, 3.05) is 13.7 Å². The molecule has 1 heterocycles. The van der Waals surface area contributed by atoms with Crippen LogP contribution in [0.25, 0.3) is 0 Å². The van der Waals surface area contributed by atoms with Crippen LogP contribution in [0.2, 0.25) is 0 Å². The summed E-state index contributed by atoms with van der Waals surface area (Å²) in [5.41, 5.74) is 3.71. The highest BCUT2D eigenvalue weighted by atomic mass is 16.5. The first-order chi connectivity index (χ1) is 9.60. The lowest BCUT2D eigenvalue weighted by molar-refractivity contribution is 0.401. The van der Waals surface area contributed by atoms with Crippen LogP contribution in [-0.2, 0) is 13.5 Å². The standard InChI is InChI=1S/C16H23N3O/c1-12-5-6-16(20-4)15(9-12)13(2)17-8-7-14-10-18-19(3)11-14/h5-6,9-11,13,17H,7-8H2,1-4H3. The molecule has 1 atom stereocenters. The van der Waals surface area contributed by atoms with E-state index in [1.165, 1.54) is 16.7 Å². The predicted molar refractivity (Wildman–Crippen MR) is 81.1 cm³/mol. The summed E-state index contributed by atoms with van der Waals surface area (Å²) in [6, 6.07) is 6.55. The van der Waals surface area contributed by atoms with Crippen LogP contribution in [0.3, 0.4) is 0 Å². The fourth-order valence-corrected chi connectivity index (χ4v) is 2.34. The predicted octanol–water partition coefficient (Wildman–Crippen LogP) is 2.63. The van der Waals surface area contributed by atoms with Crippen molar-refractivity contribution in [1.82, 2.24) is 15.1 Å². The first-order valence-corrected chi connectivity index (χ1v) is 6.95. The maximum Gasteiger partial charge on any atom is 0.123 e. The zero-order chi connectivity index (χ0) is 14.5. The van der Waals surface area contributed by atoms with E-state index in [1.54, 1.807) is 7.11 Å². The second kappa shape index (κ2) is 6.57. The molecule has 2 aromatic rings. The van der Waals surface area contributed by atoms with Gasteiger partial charge >= 0.3 is 0 Å². The van der Waals surface area contributed by atoms with Gasteiger partial charge in [0.1, 0.15) is 5.75 Å². The molecule has 1 aromatic carbocycles. The second-order valence-electron chi connectivity index (χ2n) is 5.19. The topological polar surface area (TPSA) is 39.1 Å². The number of aromatic nitrogens is 2. The fraction of sp³-hybridized carbons (Fsp3) is 0.438. The summed E-state index contributed by atoms with van der Waals surface area (Å²) in [5, 5.41) is 7.72. The average Bonchev–Trinajstić information content (AvgIpc) is 2.84. The SMILES string of the molecule is COc1ccc(C)cc1C(C)NCCc1cnn(C)c1. The Balaban J connectivity index is 1.94. The molecule has 0 amide bonds. The molecule has 1 aromatic heterocycles. The largest absolute Gasteiger partial charge is 0.496 e. The molecule has 4 nitrogen and oxygen atoms in total. The van der Waals surface area contributed by atoms with Crippen LogP contribution in [0.5, 0.6) is 5.75 Å². The van der Waals surface area contributed by atoms with Gasteiger partial charge in [-0.2, -0.15) is 5.10 Å². The number of benzene rings is 1. The summed E-state index contributed by atoms with van der Waals surface area (Å²) in [6.07, 6.45) is 4.95. The molecule has 0 bridgehead atoms. The van der Waals surface area contributed by atoms with Crippen LogP contribution in [0, 0.1) is 6.92 Å². The van der Waals surface area contributed by atoms with Crippen LogP contribution < -0.4 is 10.1 Å². The Bertz CT molecular complexity index is 563. The summed E-state index contributed by atoms with van der Waals surface area (Å²) in [7, 11) is 3.66. The van der Waals surface area contributed by atoms with E-state index in [1.807, 2.05) is 24.0 Å². The Morgan fingerprint density at radius 3 is 2.85 bits per heavy atom. The maximum absolute atomic E-state index is 5.44. The van der Waals surface area contributed by atoms with Gasteiger partial charge in [-0.05, 0) is 38.4 Å². The Kier molecular flexibility index (Phi) is 4.79. The highest BCUT2D eigenvalue weighted by Crippen LogP contribution is 2.25. The quantitative estimate of drug-likeness (QED) is 0.879. The van der Waals surface area contributed by atoms with E-state index >= 15 is 0 Å². The minimum Gasteiger partial charge on any atom is -0.496 e. The molecule has 2 rings (SSSR count). The molecule has 0 fully saturated rings. The summed E-state index contributed by atoms with van der Waals surface area (Å²) in [5.74, 6) is 0.942. The molecule has 0 saturated heterocycles. The van der Waals surface area contributed by atoms with E-state index in [0.717, 1.165) is 18.7 Å². The Labute approximate surface area is 120 Å². The summed E-state index contributed by atoms with van der Waals surface area (Å²) >= 11 is 0. The number of hydrogen-bond donors (Lipinski definition) is 1. The number of aryl methyl sites for hydroxylation is 2. The number of methoxy groups -OCH3 is 1. The van der Waals surface area contributed by atoms with Crippen molar-refractivity contribution in [1.29, 1.82) is 0 Å². The van der Waals surface area contributed by atoms with Crippen molar-refractivity contribution in [3.63, 3.8) is 0 Å². The third kappa shape index (κ3) is 3.61. The molecule has 1 N–H and O–H groups in total. The first-order valence-electron chi connectivity index (χ1n) is 6.95. The molecular formula is C16H23N3O. The van der Waals surface area contributed by atoms with E-state index in [0.29, 0.717) is 0 Å². The zero-order valence-corrected chi connectivity index (χ0v) is 12.7. The maximum atomic E-state index is 5.44. The van der Waals surface area contributed by atoms with E-state index in [4.69, 9.17) is 4.74 Å². The van der Waals surface area contributed by atoms with Gasteiger partial charge in [-0.25, -0.2) is 0 Å². The molecule has 0 saturated carbocycles. The van der Waals surface area contributed by atoms with E-state index in [9.17, 15) is 0 Å². The minimum absolute atomic E-state index is 0.265. The Morgan fingerprint density at radius 2 is 2.20 bits per heavy atom. The van der Waals surface area contributed by atoms with E-state index < -0.39 is 0 Å². The van der Waals surface area contributed by atoms with E-state index in [2.05, 4.69) is 42.6 Å². The Morgan fingerprint density at radius 1 is 1.40 bits per heavy atom. The fourth-order valence-electron chi connectivity index (χ4n) is 2.34. The van der Waals surface area contributed by atoms with Gasteiger partial charge in [-0.1, -0.05) is 17.7 Å². The van der Waals surface area contributed by atoms with Gasteiger partial charge in [-0.15, -0.1) is 0 Å². The van der Waals surface area contributed by atoms with Crippen LogP contribution in [-0.4, -0.2) is 23.4 Å². The van der Waals surface area contributed by atoms with Crippen LogP contribution in [0.4, 0.5) is 0 Å². The first kappa shape index (κ1) is 14.6. The second-order valence-corrected chi connectivity index (χ2v) is 5.19. The average molecular weight is 273 g/mol. The smallest absolute Gasteiger partial charge is 0.123 e. The van der Waals surface area contributed by atoms with Crippen LogP contribution in [0.1, 0.15) is 29.7 Å². The minimum atomic E-state index is 0.265. The lowest BCUT2D eigenvalue weighted by Crippen LogP contribution is -2.21. The van der Waals surface area contributed by atoms with Gasteiger partial charge in [-0.3, -0.25) is 4.68 Å². The Hall–Kier alpha value is -1.81. The molecule has 20 heavy (non-hydrogen) atoms. The van der Waals surface area contributed by atoms with Crippen molar-refractivity contribution in [3.8, 4) is 5.75 Å². The van der Waals surface area contributed by atoms with Crippen molar-refractivity contribution in [2.45, 2.75) is 26.3 Å². The van der Waals surface area contributed by atoms with Gasteiger partial charge in [0.15, 0.2) is 0 Å². The van der Waals surface area contributed by atoms with Gasteiger partial charge in [0, 0.05) is 24.8 Å². The zero-order valence-electron chi connectivity index (χ0n) is 12.7. The molecule has 108 valence electrons. The van der Waals surface area contributed by atoms with E-state index in [-0.39, 0.29) is 6.04 Å². The molecule has 0 radical (unpaired) electrons. The molecule has 0 aliphatic rings. The third-order valence-corrected chi connectivity index (χ3v) is 3.47. The molecule has 0 aliphatic carbocycles. The number of nitrogens with one attached hydrogen (secondary N) is 1. The van der Waals surface area contributed by atoms with Crippen molar-refractivity contribution in [2.24, 2.45) is 7.05 Å². The van der Waals surface area contributed by atoms with Crippen molar-refractivity contribution < 1.29 is 4.74 Å². The lowest BCUT2D eigenvalue weighted by atomic mass is 10.0. The third-order valence-electron chi connectivity index (χ3n) is 3.47. The number of ether oxygens (including phenoxy) is 1. The monoisotopic (exact) mass is 273 g/mol. The lowest BCUT2D eigenvalue weighted by Gasteiger charge is -2.17. The van der Waals surface area contributed by atoms with Gasteiger partial charge in [0.05, 0.1) is 13.3 Å². The number of nitrogens with zero attached hydrogens (tertiary/aromatic N) is 2. The summed E-state index contributed by atoms with van der Waals surface area (Å²) < 4.78 is 7.27.